The van der Waals surface area contributed by atoms with Crippen LogP contribution in [0, 0.1) is 23.5 Å². The second-order valence-corrected chi connectivity index (χ2v) is 6.18. The molecule has 0 aliphatic rings. The number of hydrogen-bond acceptors (Lipinski definition) is 1. The minimum Gasteiger partial charge on any atom is -0.399 e. The summed E-state index contributed by atoms with van der Waals surface area (Å²) in [6.45, 7) is 2.09. The maximum absolute atomic E-state index is 14.2. The first-order valence-corrected chi connectivity index (χ1v) is 8.55. The third kappa shape index (κ3) is 4.61. The van der Waals surface area contributed by atoms with Crippen molar-refractivity contribution in [2.75, 3.05) is 0 Å². The summed E-state index contributed by atoms with van der Waals surface area (Å²) in [4.78, 5) is 0. The van der Waals surface area contributed by atoms with Crippen LogP contribution in [-0.2, 0) is 6.42 Å². The number of aryl methyl sites for hydroxylation is 1. The van der Waals surface area contributed by atoms with Gasteiger partial charge in [0.05, 0.1) is 0 Å². The standard InChI is InChI=1S/C22H15F5O/c1-2-3-14-4-6-15(7-5-14)8-9-16-10-11-18-17(12-16)13-19(23)21(20(18)24)28-22(25,26)27/h4-7,10-13H,2-3H2,1H3. The van der Waals surface area contributed by atoms with Gasteiger partial charge in [-0.3, -0.25) is 0 Å². The van der Waals surface area contributed by atoms with E-state index in [1.807, 2.05) is 24.3 Å². The summed E-state index contributed by atoms with van der Waals surface area (Å²) in [7, 11) is 0. The largest absolute Gasteiger partial charge is 0.573 e. The van der Waals surface area contributed by atoms with Gasteiger partial charge in [0.2, 0.25) is 5.75 Å². The lowest BCUT2D eigenvalue weighted by Crippen LogP contribution is -2.19. The van der Waals surface area contributed by atoms with E-state index in [0.29, 0.717) is 5.56 Å². The number of hydrogen-bond donors (Lipinski definition) is 0. The molecule has 0 radical (unpaired) electrons. The van der Waals surface area contributed by atoms with E-state index in [9.17, 15) is 22.0 Å². The quantitative estimate of drug-likeness (QED) is 0.373. The van der Waals surface area contributed by atoms with Gasteiger partial charge in [0.1, 0.15) is 0 Å². The molecule has 0 aromatic heterocycles. The van der Waals surface area contributed by atoms with Crippen molar-refractivity contribution in [1.29, 1.82) is 0 Å². The molecular formula is C22H15F5O. The van der Waals surface area contributed by atoms with Crippen LogP contribution in [0.2, 0.25) is 0 Å². The molecule has 0 aliphatic carbocycles. The molecule has 0 spiro atoms. The van der Waals surface area contributed by atoms with E-state index in [0.717, 1.165) is 24.5 Å². The zero-order chi connectivity index (χ0) is 20.3. The summed E-state index contributed by atoms with van der Waals surface area (Å²) in [5.41, 5.74) is 2.47. The molecule has 0 N–H and O–H groups in total. The lowest BCUT2D eigenvalue weighted by molar-refractivity contribution is -0.276. The third-order valence-electron chi connectivity index (χ3n) is 4.05. The fourth-order valence-corrected chi connectivity index (χ4v) is 2.79. The van der Waals surface area contributed by atoms with Crippen molar-refractivity contribution in [1.82, 2.24) is 0 Å². The maximum atomic E-state index is 14.2. The Bertz CT molecular complexity index is 1060. The van der Waals surface area contributed by atoms with E-state index >= 15 is 0 Å². The molecular weight excluding hydrogens is 375 g/mol. The van der Waals surface area contributed by atoms with Crippen molar-refractivity contribution >= 4 is 10.8 Å². The maximum Gasteiger partial charge on any atom is 0.573 e. The number of benzene rings is 3. The summed E-state index contributed by atoms with van der Waals surface area (Å²) in [5.74, 6) is 1.54. The van der Waals surface area contributed by atoms with Crippen molar-refractivity contribution in [2.45, 2.75) is 26.1 Å². The Hall–Kier alpha value is -3.07. The molecule has 0 saturated carbocycles. The summed E-state index contributed by atoms with van der Waals surface area (Å²) in [6.07, 6.45) is -3.16. The highest BCUT2D eigenvalue weighted by Gasteiger charge is 2.34. The minimum atomic E-state index is -5.19. The summed E-state index contributed by atoms with van der Waals surface area (Å²) in [5, 5.41) is -0.0928. The zero-order valence-electron chi connectivity index (χ0n) is 14.8. The highest BCUT2D eigenvalue weighted by Crippen LogP contribution is 2.33. The van der Waals surface area contributed by atoms with Gasteiger partial charge in [-0.2, -0.15) is 0 Å². The van der Waals surface area contributed by atoms with Crippen molar-refractivity contribution in [3.05, 3.63) is 76.9 Å². The van der Waals surface area contributed by atoms with Gasteiger partial charge >= 0.3 is 6.36 Å². The minimum absolute atomic E-state index is 0.0922. The van der Waals surface area contributed by atoms with E-state index in [4.69, 9.17) is 0 Å². The summed E-state index contributed by atoms with van der Waals surface area (Å²) < 4.78 is 68.6. The Kier molecular flexibility index (Phi) is 5.55. The van der Waals surface area contributed by atoms with Crippen LogP contribution < -0.4 is 4.74 Å². The number of halogens is 5. The van der Waals surface area contributed by atoms with E-state index in [2.05, 4.69) is 23.5 Å². The molecule has 6 heteroatoms. The van der Waals surface area contributed by atoms with Gasteiger partial charge < -0.3 is 4.74 Å². The summed E-state index contributed by atoms with van der Waals surface area (Å²) in [6, 6.07) is 12.7. The Labute approximate surface area is 158 Å². The Morgan fingerprint density at radius 2 is 1.54 bits per heavy atom. The van der Waals surface area contributed by atoms with Gasteiger partial charge in [-0.25, -0.2) is 8.78 Å². The van der Waals surface area contributed by atoms with Crippen LogP contribution in [0.1, 0.15) is 30.0 Å². The fourth-order valence-electron chi connectivity index (χ4n) is 2.79. The van der Waals surface area contributed by atoms with Gasteiger partial charge in [0, 0.05) is 16.5 Å². The smallest absolute Gasteiger partial charge is 0.399 e. The molecule has 3 aromatic rings. The first-order chi connectivity index (χ1) is 13.3. The molecule has 28 heavy (non-hydrogen) atoms. The molecule has 0 bridgehead atoms. The lowest BCUT2D eigenvalue weighted by Gasteiger charge is -2.12. The molecule has 144 valence electrons. The molecule has 0 saturated heterocycles. The second kappa shape index (κ2) is 7.89. The van der Waals surface area contributed by atoms with Gasteiger partial charge in [0.25, 0.3) is 0 Å². The number of ether oxygens (including phenoxy) is 1. The van der Waals surface area contributed by atoms with Gasteiger partial charge in [-0.15, -0.1) is 13.2 Å². The van der Waals surface area contributed by atoms with E-state index in [1.165, 1.54) is 23.8 Å². The van der Waals surface area contributed by atoms with E-state index < -0.39 is 23.7 Å². The van der Waals surface area contributed by atoms with Crippen molar-refractivity contribution in [3.8, 4) is 17.6 Å². The molecule has 0 amide bonds. The zero-order valence-corrected chi connectivity index (χ0v) is 14.8. The highest BCUT2D eigenvalue weighted by atomic mass is 19.4. The third-order valence-corrected chi connectivity index (χ3v) is 4.05. The Balaban J connectivity index is 1.92. The van der Waals surface area contributed by atoms with Gasteiger partial charge in [-0.1, -0.05) is 43.4 Å². The monoisotopic (exact) mass is 390 g/mol. The fraction of sp³-hybridized carbons (Fsp3) is 0.182. The molecule has 0 fully saturated rings. The topological polar surface area (TPSA) is 9.23 Å². The number of fused-ring (bicyclic) bond motifs is 1. The van der Waals surface area contributed by atoms with Crippen molar-refractivity contribution in [2.24, 2.45) is 0 Å². The van der Waals surface area contributed by atoms with E-state index in [1.54, 1.807) is 0 Å². The van der Waals surface area contributed by atoms with Gasteiger partial charge in [-0.05, 0) is 47.7 Å². The van der Waals surface area contributed by atoms with E-state index in [-0.39, 0.29) is 10.8 Å². The lowest BCUT2D eigenvalue weighted by atomic mass is 10.0. The predicted molar refractivity (Wildman–Crippen MR) is 97.0 cm³/mol. The first kappa shape index (κ1) is 19.7. The SMILES string of the molecule is CCCc1ccc(C#Cc2ccc3c(F)c(OC(F)(F)F)c(F)cc3c2)cc1. The molecule has 0 atom stereocenters. The average molecular weight is 390 g/mol. The summed E-state index contributed by atoms with van der Waals surface area (Å²) >= 11 is 0. The Morgan fingerprint density at radius 3 is 2.18 bits per heavy atom. The highest BCUT2D eigenvalue weighted by molar-refractivity contribution is 5.86. The van der Waals surface area contributed by atoms with Crippen LogP contribution in [-0.4, -0.2) is 6.36 Å². The predicted octanol–water partition coefficient (Wildman–Crippen LogP) is 6.37. The van der Waals surface area contributed by atoms with Crippen LogP contribution >= 0.6 is 0 Å². The van der Waals surface area contributed by atoms with Crippen LogP contribution in [0.15, 0.2) is 48.5 Å². The van der Waals surface area contributed by atoms with Crippen molar-refractivity contribution in [3.63, 3.8) is 0 Å². The molecule has 3 rings (SSSR count). The second-order valence-electron chi connectivity index (χ2n) is 6.18. The normalized spacial score (nSPS) is 11.2. The average Bonchev–Trinajstić information content (AvgIpc) is 2.64. The first-order valence-electron chi connectivity index (χ1n) is 8.55. The van der Waals surface area contributed by atoms with Crippen LogP contribution in [0.3, 0.4) is 0 Å². The van der Waals surface area contributed by atoms with Crippen LogP contribution in [0.5, 0.6) is 5.75 Å². The van der Waals surface area contributed by atoms with Crippen LogP contribution in [0.4, 0.5) is 22.0 Å². The molecule has 1 nitrogen and oxygen atoms in total. The molecule has 3 aromatic carbocycles. The molecule has 0 heterocycles. The molecule has 0 aliphatic heterocycles. The van der Waals surface area contributed by atoms with Crippen LogP contribution in [0.25, 0.3) is 10.8 Å². The molecule has 0 unspecified atom stereocenters. The van der Waals surface area contributed by atoms with Gasteiger partial charge in [0.15, 0.2) is 11.6 Å². The number of rotatable bonds is 3. The number of alkyl halides is 3. The Morgan fingerprint density at radius 1 is 0.893 bits per heavy atom. The van der Waals surface area contributed by atoms with Crippen molar-refractivity contribution < 1.29 is 26.7 Å².